The summed E-state index contributed by atoms with van der Waals surface area (Å²) in [5.74, 6) is 1.94. The van der Waals surface area contributed by atoms with E-state index in [1.54, 1.807) is 0 Å². The van der Waals surface area contributed by atoms with E-state index < -0.39 is 0 Å². The lowest BCUT2D eigenvalue weighted by atomic mass is 9.88. The molecule has 5 heteroatoms. The van der Waals surface area contributed by atoms with Crippen molar-refractivity contribution in [1.82, 2.24) is 4.90 Å². The topological polar surface area (TPSA) is 47.7 Å². The van der Waals surface area contributed by atoms with Crippen molar-refractivity contribution >= 4 is 17.3 Å². The molecule has 2 aliphatic rings. The van der Waals surface area contributed by atoms with Gasteiger partial charge in [0, 0.05) is 5.56 Å². The van der Waals surface area contributed by atoms with Gasteiger partial charge in [0.1, 0.15) is 12.7 Å². The number of hydrogen-bond donors (Lipinski definition) is 1. The number of halogens is 1. The third-order valence-corrected chi connectivity index (χ3v) is 7.20. The van der Waals surface area contributed by atoms with Crippen LogP contribution >= 0.6 is 11.6 Å². The van der Waals surface area contributed by atoms with E-state index in [2.05, 4.69) is 11.8 Å². The molecule has 3 rings (SSSR count). The summed E-state index contributed by atoms with van der Waals surface area (Å²) in [5.41, 5.74) is 7.85. The van der Waals surface area contributed by atoms with Crippen molar-refractivity contribution < 1.29 is 9.47 Å². The molecule has 0 radical (unpaired) electrons. The normalized spacial score (nSPS) is 19.6. The molecule has 0 amide bonds. The highest BCUT2D eigenvalue weighted by Gasteiger charge is 2.30. The summed E-state index contributed by atoms with van der Waals surface area (Å²) in [5, 5.41) is 0.583. The molecule has 0 aromatic heterocycles. The van der Waals surface area contributed by atoms with Gasteiger partial charge in [-0.2, -0.15) is 0 Å². The van der Waals surface area contributed by atoms with E-state index in [0.29, 0.717) is 29.0 Å². The Bertz CT molecular complexity index is 674. The van der Waals surface area contributed by atoms with Crippen molar-refractivity contribution in [2.24, 2.45) is 0 Å². The number of benzene rings is 1. The minimum absolute atomic E-state index is 0.00372. The molecular formula is C26H43ClN2O2. The Morgan fingerprint density at radius 1 is 0.968 bits per heavy atom. The van der Waals surface area contributed by atoms with Crippen LogP contribution in [0.2, 0.25) is 5.02 Å². The third-order valence-electron chi connectivity index (χ3n) is 6.89. The summed E-state index contributed by atoms with van der Waals surface area (Å²) in [6.07, 6.45) is 16.3. The highest BCUT2D eigenvalue weighted by Crippen LogP contribution is 2.48. The zero-order valence-electron chi connectivity index (χ0n) is 19.8. The fraction of sp³-hybridized carbons (Fsp3) is 0.769. The molecule has 1 fully saturated rings. The van der Waals surface area contributed by atoms with Gasteiger partial charge in [-0.25, -0.2) is 0 Å². The number of piperidine rings is 1. The van der Waals surface area contributed by atoms with Crippen LogP contribution < -0.4 is 15.2 Å². The number of likely N-dealkylation sites (tertiary alicyclic amines) is 1. The molecule has 1 saturated heterocycles. The molecule has 1 aromatic rings. The molecular weight excluding hydrogens is 408 g/mol. The van der Waals surface area contributed by atoms with Gasteiger partial charge in [-0.15, -0.1) is 0 Å². The zero-order valence-corrected chi connectivity index (χ0v) is 20.5. The lowest BCUT2D eigenvalue weighted by Gasteiger charge is -2.35. The molecule has 1 atom stereocenters. The maximum Gasteiger partial charge on any atom is 0.186 e. The Kier molecular flexibility index (Phi) is 10.1. The predicted molar refractivity (Wildman–Crippen MR) is 132 cm³/mol. The second-order valence-electron chi connectivity index (χ2n) is 9.56. The van der Waals surface area contributed by atoms with Gasteiger partial charge in [0.15, 0.2) is 11.5 Å². The van der Waals surface area contributed by atoms with Crippen molar-refractivity contribution in [3.05, 3.63) is 16.7 Å². The maximum absolute atomic E-state index is 6.43. The van der Waals surface area contributed by atoms with Crippen molar-refractivity contribution in [2.45, 2.75) is 103 Å². The van der Waals surface area contributed by atoms with Crippen LogP contribution in [0.3, 0.4) is 0 Å². The van der Waals surface area contributed by atoms with Crippen molar-refractivity contribution in [2.75, 3.05) is 32.0 Å². The number of nitrogens with two attached hydrogens (primary N) is 1. The minimum Gasteiger partial charge on any atom is -0.485 e. The first kappa shape index (κ1) is 24.5. The summed E-state index contributed by atoms with van der Waals surface area (Å²) in [6.45, 7) is 8.38. The van der Waals surface area contributed by atoms with E-state index in [-0.39, 0.29) is 6.10 Å². The fourth-order valence-electron chi connectivity index (χ4n) is 4.94. The quantitative estimate of drug-likeness (QED) is 0.270. The van der Waals surface area contributed by atoms with E-state index in [4.69, 9.17) is 26.8 Å². The fourth-order valence-corrected chi connectivity index (χ4v) is 5.14. The molecule has 0 bridgehead atoms. The van der Waals surface area contributed by atoms with Gasteiger partial charge in [0.25, 0.3) is 0 Å². The summed E-state index contributed by atoms with van der Waals surface area (Å²) in [6, 6.07) is 2.01. The lowest BCUT2D eigenvalue weighted by molar-refractivity contribution is 0.102. The van der Waals surface area contributed by atoms with Gasteiger partial charge in [-0.1, -0.05) is 76.3 Å². The average Bonchev–Trinajstić information content (AvgIpc) is 2.78. The SMILES string of the molecule is CCCCCCCCCCCCN1CCC(c2cc(Cl)c(N)c3c2OCC(C)O3)CC1. The molecule has 31 heavy (non-hydrogen) atoms. The summed E-state index contributed by atoms with van der Waals surface area (Å²) in [4.78, 5) is 2.63. The standard InChI is InChI=1S/C26H43ClN2O2/c1-3-4-5-6-7-8-9-10-11-12-15-29-16-13-21(14-17-29)22-18-23(27)24(28)26-25(22)30-19-20(2)31-26/h18,20-21H,3-17,19,28H2,1-2H3. The number of anilines is 1. The zero-order chi connectivity index (χ0) is 22.1. The Morgan fingerprint density at radius 3 is 2.23 bits per heavy atom. The summed E-state index contributed by atoms with van der Waals surface area (Å²) in [7, 11) is 0. The smallest absolute Gasteiger partial charge is 0.186 e. The van der Waals surface area contributed by atoms with E-state index in [0.717, 1.165) is 31.7 Å². The van der Waals surface area contributed by atoms with Crippen LogP contribution in [0.1, 0.15) is 102 Å². The highest BCUT2D eigenvalue weighted by molar-refractivity contribution is 6.33. The van der Waals surface area contributed by atoms with E-state index >= 15 is 0 Å². The van der Waals surface area contributed by atoms with E-state index in [9.17, 15) is 0 Å². The van der Waals surface area contributed by atoms with Gasteiger partial charge in [-0.3, -0.25) is 0 Å². The molecule has 0 aliphatic carbocycles. The van der Waals surface area contributed by atoms with Gasteiger partial charge >= 0.3 is 0 Å². The second-order valence-corrected chi connectivity index (χ2v) is 9.96. The Hall–Kier alpha value is -1.13. The Morgan fingerprint density at radius 2 is 1.58 bits per heavy atom. The number of nitrogens with zero attached hydrogens (tertiary/aromatic N) is 1. The largest absolute Gasteiger partial charge is 0.485 e. The number of unbranched alkanes of at least 4 members (excludes halogenated alkanes) is 9. The van der Waals surface area contributed by atoms with Crippen LogP contribution in [-0.2, 0) is 0 Å². The van der Waals surface area contributed by atoms with Gasteiger partial charge in [0.05, 0.1) is 10.7 Å². The number of ether oxygens (including phenoxy) is 2. The number of hydrogen-bond acceptors (Lipinski definition) is 4. The first-order valence-electron chi connectivity index (χ1n) is 12.7. The van der Waals surface area contributed by atoms with E-state index in [1.807, 2.05) is 13.0 Å². The first-order valence-corrected chi connectivity index (χ1v) is 13.1. The second kappa shape index (κ2) is 12.8. The number of nitrogen functional groups attached to an aromatic ring is 1. The van der Waals surface area contributed by atoms with Crippen LogP contribution in [0.5, 0.6) is 11.5 Å². The number of fused-ring (bicyclic) bond motifs is 1. The van der Waals surface area contributed by atoms with Gasteiger partial charge in [-0.05, 0) is 57.8 Å². The van der Waals surface area contributed by atoms with Crippen LogP contribution in [0.4, 0.5) is 5.69 Å². The summed E-state index contributed by atoms with van der Waals surface area (Å²) < 4.78 is 12.0. The molecule has 2 N–H and O–H groups in total. The van der Waals surface area contributed by atoms with Crippen LogP contribution in [0.25, 0.3) is 0 Å². The Labute approximate surface area is 194 Å². The average molecular weight is 451 g/mol. The summed E-state index contributed by atoms with van der Waals surface area (Å²) >= 11 is 6.43. The monoisotopic (exact) mass is 450 g/mol. The molecule has 1 aromatic carbocycles. The number of rotatable bonds is 12. The molecule has 1 unspecified atom stereocenters. The predicted octanol–water partition coefficient (Wildman–Crippen LogP) is 7.18. The molecule has 0 saturated carbocycles. The Balaban J connectivity index is 1.36. The minimum atomic E-state index is 0.00372. The molecule has 0 spiro atoms. The maximum atomic E-state index is 6.43. The van der Waals surface area contributed by atoms with Crippen LogP contribution in [0.15, 0.2) is 6.07 Å². The lowest BCUT2D eigenvalue weighted by Crippen LogP contribution is -2.34. The van der Waals surface area contributed by atoms with E-state index in [1.165, 1.54) is 76.3 Å². The van der Waals surface area contributed by atoms with Crippen molar-refractivity contribution in [3.63, 3.8) is 0 Å². The highest BCUT2D eigenvalue weighted by atomic mass is 35.5. The molecule has 2 heterocycles. The van der Waals surface area contributed by atoms with Crippen molar-refractivity contribution in [1.29, 1.82) is 0 Å². The van der Waals surface area contributed by atoms with Gasteiger partial charge < -0.3 is 20.1 Å². The first-order chi connectivity index (χ1) is 15.1. The molecule has 2 aliphatic heterocycles. The van der Waals surface area contributed by atoms with Crippen LogP contribution in [-0.4, -0.2) is 37.2 Å². The third kappa shape index (κ3) is 7.18. The van der Waals surface area contributed by atoms with Crippen molar-refractivity contribution in [3.8, 4) is 11.5 Å². The van der Waals surface area contributed by atoms with Crippen LogP contribution in [0, 0.1) is 0 Å². The molecule has 4 nitrogen and oxygen atoms in total. The molecule has 176 valence electrons. The van der Waals surface area contributed by atoms with Gasteiger partial charge in [0.2, 0.25) is 0 Å².